The summed E-state index contributed by atoms with van der Waals surface area (Å²) in [6, 6.07) is 6.01. The number of hydrogen-bond acceptors (Lipinski definition) is 3. The highest BCUT2D eigenvalue weighted by molar-refractivity contribution is 5.93. The number of carbonyl (C=O) groups excluding carboxylic acids is 1. The predicted octanol–water partition coefficient (Wildman–Crippen LogP) is 5.78. The van der Waals surface area contributed by atoms with Gasteiger partial charge >= 0.3 is 6.18 Å². The molecule has 1 N–H and O–H groups in total. The van der Waals surface area contributed by atoms with E-state index in [1.165, 1.54) is 23.8 Å². The molecule has 7 heteroatoms. The van der Waals surface area contributed by atoms with Gasteiger partial charge in [0.25, 0.3) is 5.91 Å². The minimum atomic E-state index is -4.45. The zero-order valence-electron chi connectivity index (χ0n) is 16.1. The van der Waals surface area contributed by atoms with Crippen molar-refractivity contribution in [2.45, 2.75) is 39.8 Å². The molecule has 4 nitrogen and oxygen atoms in total. The summed E-state index contributed by atoms with van der Waals surface area (Å²) in [7, 11) is 0. The molecule has 1 aromatic heterocycles. The van der Waals surface area contributed by atoms with Crippen LogP contribution < -0.4 is 5.32 Å². The van der Waals surface area contributed by atoms with Gasteiger partial charge in [0.05, 0.1) is 5.56 Å². The smallest absolute Gasteiger partial charge is 0.355 e. The Morgan fingerprint density at radius 3 is 2.61 bits per heavy atom. The number of aromatic nitrogens is 1. The number of benzene rings is 1. The van der Waals surface area contributed by atoms with Crippen molar-refractivity contribution in [3.8, 4) is 11.3 Å². The molecule has 1 aromatic carbocycles. The third-order valence-corrected chi connectivity index (χ3v) is 4.02. The van der Waals surface area contributed by atoms with E-state index in [1.807, 2.05) is 26.8 Å². The second-order valence-electron chi connectivity index (χ2n) is 6.74. The fourth-order valence-electron chi connectivity index (χ4n) is 2.47. The molecule has 1 amide bonds. The Kier molecular flexibility index (Phi) is 7.20. The number of allylic oxidation sites excluding steroid dienone is 3. The third-order valence-electron chi connectivity index (χ3n) is 4.02. The molecule has 0 bridgehead atoms. The quantitative estimate of drug-likeness (QED) is 0.608. The first-order valence-corrected chi connectivity index (χ1v) is 8.88. The Bertz CT molecular complexity index is 876. The van der Waals surface area contributed by atoms with E-state index >= 15 is 0 Å². The van der Waals surface area contributed by atoms with Gasteiger partial charge in [-0.05, 0) is 45.7 Å². The second kappa shape index (κ2) is 9.39. The molecule has 0 saturated heterocycles. The van der Waals surface area contributed by atoms with Crippen molar-refractivity contribution in [3.05, 3.63) is 64.9 Å². The lowest BCUT2D eigenvalue weighted by molar-refractivity contribution is -0.137. The van der Waals surface area contributed by atoms with Gasteiger partial charge in [-0.15, -0.1) is 0 Å². The maximum absolute atomic E-state index is 12.8. The lowest BCUT2D eigenvalue weighted by Crippen LogP contribution is -2.23. The van der Waals surface area contributed by atoms with E-state index in [0.717, 1.165) is 30.5 Å². The molecule has 0 aliphatic rings. The molecule has 2 rings (SSSR count). The topological polar surface area (TPSA) is 55.1 Å². The van der Waals surface area contributed by atoms with Crippen molar-refractivity contribution in [2.24, 2.45) is 0 Å². The second-order valence-corrected chi connectivity index (χ2v) is 6.74. The minimum absolute atomic E-state index is 0.0167. The number of hydrogen-bond donors (Lipinski definition) is 1. The minimum Gasteiger partial charge on any atom is -0.355 e. The standard InChI is InChI=1S/C21H23F3N2O2/c1-14(2)6-4-7-15(3)10-11-25-20(27)18-13-19(28-26-18)16-8-5-9-17(12-16)21(22,23)24/h5-6,8-10,12-13H,4,7,11H2,1-3H3,(H,25,27). The highest BCUT2D eigenvalue weighted by atomic mass is 19.4. The molecule has 150 valence electrons. The van der Waals surface area contributed by atoms with Crippen LogP contribution in [0.1, 0.15) is 49.7 Å². The summed E-state index contributed by atoms with van der Waals surface area (Å²) in [5.74, 6) is -0.347. The first-order chi connectivity index (χ1) is 13.2. The van der Waals surface area contributed by atoms with Crippen molar-refractivity contribution in [1.29, 1.82) is 0 Å². The van der Waals surface area contributed by atoms with Crippen LogP contribution in [0.4, 0.5) is 13.2 Å². The molecule has 0 atom stereocenters. The van der Waals surface area contributed by atoms with Crippen LogP contribution >= 0.6 is 0 Å². The Morgan fingerprint density at radius 1 is 1.18 bits per heavy atom. The predicted molar refractivity (Wildman–Crippen MR) is 102 cm³/mol. The molecule has 0 aliphatic carbocycles. The van der Waals surface area contributed by atoms with Crippen LogP contribution in [-0.4, -0.2) is 17.6 Å². The Hall–Kier alpha value is -2.83. The molecule has 0 spiro atoms. The molecule has 0 fully saturated rings. The number of nitrogens with zero attached hydrogens (tertiary/aromatic N) is 1. The monoisotopic (exact) mass is 392 g/mol. The fourth-order valence-corrected chi connectivity index (χ4v) is 2.47. The highest BCUT2D eigenvalue weighted by Gasteiger charge is 2.30. The van der Waals surface area contributed by atoms with E-state index < -0.39 is 17.6 Å². The maximum Gasteiger partial charge on any atom is 0.416 e. The number of carbonyl (C=O) groups is 1. The van der Waals surface area contributed by atoms with Gasteiger partial charge in [0, 0.05) is 18.2 Å². The average molecular weight is 392 g/mol. The van der Waals surface area contributed by atoms with E-state index in [0.29, 0.717) is 6.54 Å². The molecule has 0 radical (unpaired) electrons. The zero-order chi connectivity index (χ0) is 20.7. The Balaban J connectivity index is 1.96. The molecular weight excluding hydrogens is 369 g/mol. The van der Waals surface area contributed by atoms with Crippen molar-refractivity contribution < 1.29 is 22.5 Å². The Labute approximate surface area is 162 Å². The van der Waals surface area contributed by atoms with Crippen LogP contribution in [0.2, 0.25) is 0 Å². The van der Waals surface area contributed by atoms with Crippen LogP contribution in [-0.2, 0) is 6.18 Å². The number of nitrogens with one attached hydrogen (secondary N) is 1. The third kappa shape index (κ3) is 6.40. The van der Waals surface area contributed by atoms with Gasteiger partial charge in [-0.2, -0.15) is 13.2 Å². The summed E-state index contributed by atoms with van der Waals surface area (Å²) in [6.07, 6.45) is 1.48. The summed E-state index contributed by atoms with van der Waals surface area (Å²) in [5.41, 5.74) is 1.85. The molecule has 28 heavy (non-hydrogen) atoms. The summed E-state index contributed by atoms with van der Waals surface area (Å²) in [5, 5.41) is 6.35. The van der Waals surface area contributed by atoms with E-state index in [9.17, 15) is 18.0 Å². The molecule has 1 heterocycles. The first kappa shape index (κ1) is 21.5. The van der Waals surface area contributed by atoms with Gasteiger partial charge in [0.1, 0.15) is 0 Å². The van der Waals surface area contributed by atoms with Gasteiger partial charge in [0.15, 0.2) is 11.5 Å². The number of amides is 1. The van der Waals surface area contributed by atoms with Gasteiger partial charge in [0.2, 0.25) is 0 Å². The van der Waals surface area contributed by atoms with Crippen molar-refractivity contribution in [2.75, 3.05) is 6.54 Å². The first-order valence-electron chi connectivity index (χ1n) is 8.88. The maximum atomic E-state index is 12.8. The van der Waals surface area contributed by atoms with Crippen molar-refractivity contribution in [1.82, 2.24) is 10.5 Å². The number of alkyl halides is 3. The van der Waals surface area contributed by atoms with Crippen molar-refractivity contribution in [3.63, 3.8) is 0 Å². The molecule has 0 aliphatic heterocycles. The lowest BCUT2D eigenvalue weighted by Gasteiger charge is -2.06. The highest BCUT2D eigenvalue weighted by Crippen LogP contribution is 2.32. The molecule has 0 saturated carbocycles. The van der Waals surface area contributed by atoms with E-state index in [2.05, 4.69) is 16.5 Å². The van der Waals surface area contributed by atoms with Gasteiger partial charge in [-0.25, -0.2) is 0 Å². The average Bonchev–Trinajstić information content (AvgIpc) is 3.11. The molecule has 0 unspecified atom stereocenters. The summed E-state index contributed by atoms with van der Waals surface area (Å²) in [4.78, 5) is 12.1. The number of halogens is 3. The molecule has 2 aromatic rings. The lowest BCUT2D eigenvalue weighted by atomic mass is 10.1. The van der Waals surface area contributed by atoms with Gasteiger partial charge < -0.3 is 9.84 Å². The Morgan fingerprint density at radius 2 is 1.93 bits per heavy atom. The van der Waals surface area contributed by atoms with Gasteiger partial charge in [-0.3, -0.25) is 4.79 Å². The van der Waals surface area contributed by atoms with Crippen LogP contribution in [0.15, 0.2) is 58.2 Å². The fraction of sp³-hybridized carbons (Fsp3) is 0.333. The van der Waals surface area contributed by atoms with Crippen molar-refractivity contribution >= 4 is 5.91 Å². The van der Waals surface area contributed by atoms with Crippen LogP contribution in [0.3, 0.4) is 0 Å². The zero-order valence-corrected chi connectivity index (χ0v) is 16.1. The summed E-state index contributed by atoms with van der Waals surface area (Å²) in [6.45, 7) is 6.42. The van der Waals surface area contributed by atoms with Crippen LogP contribution in [0, 0.1) is 0 Å². The normalized spacial score (nSPS) is 12.0. The largest absolute Gasteiger partial charge is 0.416 e. The van der Waals surface area contributed by atoms with Crippen LogP contribution in [0.5, 0.6) is 0 Å². The summed E-state index contributed by atoms with van der Waals surface area (Å²) < 4.78 is 43.5. The van der Waals surface area contributed by atoms with E-state index in [4.69, 9.17) is 4.52 Å². The van der Waals surface area contributed by atoms with Crippen LogP contribution in [0.25, 0.3) is 11.3 Å². The van der Waals surface area contributed by atoms with E-state index in [1.54, 1.807) is 0 Å². The number of rotatable bonds is 7. The summed E-state index contributed by atoms with van der Waals surface area (Å²) >= 11 is 0. The van der Waals surface area contributed by atoms with E-state index in [-0.39, 0.29) is 17.0 Å². The van der Waals surface area contributed by atoms with Gasteiger partial charge in [-0.1, -0.05) is 40.6 Å². The SMILES string of the molecule is CC(C)=CCCC(C)=CCNC(=O)c1cc(-c2cccc(C(F)(F)F)c2)on1. The molecular formula is C21H23F3N2O2.